The van der Waals surface area contributed by atoms with E-state index >= 15 is 0 Å². The highest BCUT2D eigenvalue weighted by atomic mass is 35.5. The Kier molecular flexibility index (Phi) is 4.70. The molecule has 0 aliphatic heterocycles. The van der Waals surface area contributed by atoms with Crippen LogP contribution in [0.1, 0.15) is 15.4 Å². The number of benzene rings is 2. The normalized spacial score (nSPS) is 10.7. The van der Waals surface area contributed by atoms with Crippen molar-refractivity contribution in [2.45, 2.75) is 6.92 Å². The van der Waals surface area contributed by atoms with E-state index in [1.165, 1.54) is 17.7 Å². The maximum Gasteiger partial charge on any atom is 0.355 e. The van der Waals surface area contributed by atoms with E-state index < -0.39 is 5.97 Å². The van der Waals surface area contributed by atoms with E-state index in [1.807, 2.05) is 36.4 Å². The van der Waals surface area contributed by atoms with Gasteiger partial charge in [0, 0.05) is 0 Å². The molecule has 0 fully saturated rings. The third kappa shape index (κ3) is 3.60. The summed E-state index contributed by atoms with van der Waals surface area (Å²) in [6.07, 6.45) is 1.39. The first-order valence-electron chi connectivity index (χ1n) is 8.02. The molecule has 0 amide bonds. The quantitative estimate of drug-likeness (QED) is 0.396. The van der Waals surface area contributed by atoms with Crippen molar-refractivity contribution in [3.8, 4) is 27.7 Å². The molecule has 0 saturated carbocycles. The molecule has 0 aliphatic carbocycles. The summed E-state index contributed by atoms with van der Waals surface area (Å²) in [7, 11) is 0. The molecule has 0 saturated heterocycles. The number of carbonyl (C=O) groups excluding carboxylic acids is 1. The maximum absolute atomic E-state index is 12.6. The van der Waals surface area contributed by atoms with E-state index in [1.54, 1.807) is 19.1 Å². The number of esters is 1. The Morgan fingerprint density at radius 3 is 2.67 bits per heavy atom. The Morgan fingerprint density at radius 2 is 1.96 bits per heavy atom. The lowest BCUT2D eigenvalue weighted by molar-refractivity contribution is 0.0739. The van der Waals surface area contributed by atoms with Gasteiger partial charge in [0.1, 0.15) is 17.0 Å². The molecule has 0 aliphatic rings. The lowest BCUT2D eigenvalue weighted by atomic mass is 10.1. The molecule has 0 atom stereocenters. The summed E-state index contributed by atoms with van der Waals surface area (Å²) in [6, 6.07) is 15.2. The van der Waals surface area contributed by atoms with Gasteiger partial charge in [-0.1, -0.05) is 48.0 Å². The number of aromatic amines is 1. The van der Waals surface area contributed by atoms with Gasteiger partial charge < -0.3 is 4.74 Å². The molecule has 2 aromatic carbocycles. The number of nitrogens with one attached hydrogen (secondary N) is 1. The molecule has 0 radical (unpaired) electrons. The fraction of sp³-hybridized carbons (Fsp3) is 0.0526. The first kappa shape index (κ1) is 17.4. The van der Waals surface area contributed by atoms with E-state index in [0.717, 1.165) is 11.1 Å². The van der Waals surface area contributed by atoms with Crippen LogP contribution < -0.4 is 4.74 Å². The van der Waals surface area contributed by atoms with E-state index in [2.05, 4.69) is 20.2 Å². The molecular weight excluding hydrogens is 384 g/mol. The molecule has 0 spiro atoms. The molecule has 0 unspecified atom stereocenters. The Balaban J connectivity index is 1.57. The monoisotopic (exact) mass is 396 g/mol. The topological polar surface area (TPSA) is 80.8 Å². The van der Waals surface area contributed by atoms with Gasteiger partial charge in [0.15, 0.2) is 10.8 Å². The van der Waals surface area contributed by atoms with Crippen molar-refractivity contribution in [3.05, 3.63) is 70.5 Å². The zero-order valence-corrected chi connectivity index (χ0v) is 15.7. The van der Waals surface area contributed by atoms with E-state index in [4.69, 9.17) is 16.3 Å². The van der Waals surface area contributed by atoms with Crippen LogP contribution in [0.4, 0.5) is 0 Å². The average Bonchev–Trinajstić information content (AvgIpc) is 3.33. The summed E-state index contributed by atoms with van der Waals surface area (Å²) in [5.74, 6) is 0.299. The zero-order chi connectivity index (χ0) is 18.8. The molecular formula is C19H13ClN4O2S. The molecule has 1 N–H and O–H groups in total. The van der Waals surface area contributed by atoms with E-state index in [-0.39, 0.29) is 0 Å². The summed E-state index contributed by atoms with van der Waals surface area (Å²) < 4.78 is 5.49. The zero-order valence-electron chi connectivity index (χ0n) is 14.1. The number of hydrogen-bond donors (Lipinski definition) is 1. The highest BCUT2D eigenvalue weighted by Crippen LogP contribution is 2.32. The number of rotatable bonds is 4. The van der Waals surface area contributed by atoms with Crippen LogP contribution in [0.2, 0.25) is 5.02 Å². The predicted molar refractivity (Wildman–Crippen MR) is 104 cm³/mol. The molecule has 134 valence electrons. The van der Waals surface area contributed by atoms with Gasteiger partial charge in [0.25, 0.3) is 0 Å². The second-order valence-corrected chi connectivity index (χ2v) is 7.07. The average molecular weight is 397 g/mol. The molecule has 4 aromatic rings. The Hall–Kier alpha value is -3.03. The number of carbonyl (C=O) groups is 1. The number of nitrogens with zero attached hydrogens (tertiary/aromatic N) is 3. The molecule has 2 heterocycles. The standard InChI is InChI=1S/C19H13ClN4O2S/c1-11-16(27-18(23-11)17-21-10-22-24-17)19(25)26-15-8-7-13(9-14(15)20)12-5-3-2-4-6-12/h2-10H,1H3,(H,21,22,24). The van der Waals surface area contributed by atoms with Gasteiger partial charge in [-0.3, -0.25) is 5.10 Å². The first-order valence-corrected chi connectivity index (χ1v) is 9.21. The van der Waals surface area contributed by atoms with Crippen molar-refractivity contribution in [3.63, 3.8) is 0 Å². The molecule has 0 bridgehead atoms. The van der Waals surface area contributed by atoms with Crippen molar-refractivity contribution in [2.75, 3.05) is 0 Å². The van der Waals surface area contributed by atoms with Crippen LogP contribution in [-0.2, 0) is 0 Å². The van der Waals surface area contributed by atoms with Crippen molar-refractivity contribution in [1.82, 2.24) is 20.2 Å². The Bertz CT molecular complexity index is 1090. The lowest BCUT2D eigenvalue weighted by Crippen LogP contribution is -2.08. The summed E-state index contributed by atoms with van der Waals surface area (Å²) in [5.41, 5.74) is 2.54. The summed E-state index contributed by atoms with van der Waals surface area (Å²) in [6.45, 7) is 1.74. The minimum atomic E-state index is -0.509. The fourth-order valence-corrected chi connectivity index (χ4v) is 3.64. The smallest absolute Gasteiger partial charge is 0.355 e. The summed E-state index contributed by atoms with van der Waals surface area (Å²) in [4.78, 5) is 21.3. The third-order valence-corrected chi connectivity index (χ3v) is 5.28. The van der Waals surface area contributed by atoms with Crippen molar-refractivity contribution in [2.24, 2.45) is 0 Å². The van der Waals surface area contributed by atoms with Gasteiger partial charge in [-0.05, 0) is 30.2 Å². The third-order valence-electron chi connectivity index (χ3n) is 3.84. The van der Waals surface area contributed by atoms with Crippen LogP contribution in [0, 0.1) is 6.92 Å². The van der Waals surface area contributed by atoms with Gasteiger partial charge in [0.05, 0.1) is 10.7 Å². The van der Waals surface area contributed by atoms with Crippen LogP contribution in [0.5, 0.6) is 5.75 Å². The first-order chi connectivity index (χ1) is 13.1. The minimum Gasteiger partial charge on any atom is -0.421 e. The number of H-pyrrole nitrogens is 1. The SMILES string of the molecule is Cc1nc(-c2ncn[nH]2)sc1C(=O)Oc1ccc(-c2ccccc2)cc1Cl. The summed E-state index contributed by atoms with van der Waals surface area (Å²) >= 11 is 7.51. The van der Waals surface area contributed by atoms with Crippen LogP contribution in [-0.4, -0.2) is 26.1 Å². The largest absolute Gasteiger partial charge is 0.421 e. The number of hydrogen-bond acceptors (Lipinski definition) is 6. The van der Waals surface area contributed by atoms with Crippen molar-refractivity contribution < 1.29 is 9.53 Å². The van der Waals surface area contributed by atoms with Gasteiger partial charge in [-0.2, -0.15) is 5.10 Å². The maximum atomic E-state index is 12.6. The molecule has 8 heteroatoms. The molecule has 6 nitrogen and oxygen atoms in total. The number of halogens is 1. The van der Waals surface area contributed by atoms with Gasteiger partial charge in [-0.15, -0.1) is 11.3 Å². The molecule has 27 heavy (non-hydrogen) atoms. The highest BCUT2D eigenvalue weighted by Gasteiger charge is 2.20. The van der Waals surface area contributed by atoms with Gasteiger partial charge >= 0.3 is 5.97 Å². The van der Waals surface area contributed by atoms with Crippen molar-refractivity contribution >= 4 is 28.9 Å². The van der Waals surface area contributed by atoms with Gasteiger partial charge in [-0.25, -0.2) is 14.8 Å². The second kappa shape index (κ2) is 7.30. The number of aryl methyl sites for hydroxylation is 1. The Labute approximate surface area is 163 Å². The number of ether oxygens (including phenoxy) is 1. The second-order valence-electron chi connectivity index (χ2n) is 5.67. The van der Waals surface area contributed by atoms with Crippen LogP contribution in [0.25, 0.3) is 22.0 Å². The van der Waals surface area contributed by atoms with Crippen molar-refractivity contribution in [1.29, 1.82) is 0 Å². The van der Waals surface area contributed by atoms with Crippen LogP contribution in [0.15, 0.2) is 54.9 Å². The van der Waals surface area contributed by atoms with E-state index in [9.17, 15) is 4.79 Å². The Morgan fingerprint density at radius 1 is 1.15 bits per heavy atom. The minimum absolute atomic E-state index is 0.301. The molecule has 4 rings (SSSR count). The predicted octanol–water partition coefficient (Wildman–Crippen LogP) is 4.78. The summed E-state index contributed by atoms with van der Waals surface area (Å²) in [5, 5.41) is 7.45. The van der Waals surface area contributed by atoms with Crippen LogP contribution >= 0.6 is 22.9 Å². The van der Waals surface area contributed by atoms with E-state index in [0.29, 0.717) is 32.2 Å². The number of thiazole rings is 1. The lowest BCUT2D eigenvalue weighted by Gasteiger charge is -2.08. The molecule has 2 aromatic heterocycles. The van der Waals surface area contributed by atoms with Gasteiger partial charge in [0.2, 0.25) is 0 Å². The van der Waals surface area contributed by atoms with Crippen LogP contribution in [0.3, 0.4) is 0 Å². The highest BCUT2D eigenvalue weighted by molar-refractivity contribution is 7.17. The number of aromatic nitrogens is 4. The fourth-order valence-electron chi connectivity index (χ4n) is 2.54.